The molecule has 104 valence electrons. The van der Waals surface area contributed by atoms with Gasteiger partial charge in [-0.2, -0.15) is 5.26 Å². The van der Waals surface area contributed by atoms with Crippen molar-refractivity contribution in [1.29, 1.82) is 5.26 Å². The van der Waals surface area contributed by atoms with Gasteiger partial charge in [0.15, 0.2) is 0 Å². The fraction of sp³-hybridized carbons (Fsp3) is 0.375. The van der Waals surface area contributed by atoms with Crippen molar-refractivity contribution in [3.63, 3.8) is 0 Å². The van der Waals surface area contributed by atoms with Crippen molar-refractivity contribution in [2.75, 3.05) is 7.05 Å². The predicted molar refractivity (Wildman–Crippen MR) is 82.7 cm³/mol. The normalized spacial score (nSPS) is 12.9. The van der Waals surface area contributed by atoms with Crippen LogP contribution in [-0.4, -0.2) is 12.0 Å². The summed E-state index contributed by atoms with van der Waals surface area (Å²) in [5.74, 6) is 0. The summed E-state index contributed by atoms with van der Waals surface area (Å²) >= 11 is 1.57. The molecule has 0 amide bonds. The van der Waals surface area contributed by atoms with E-state index in [-0.39, 0.29) is 6.04 Å². The summed E-state index contributed by atoms with van der Waals surface area (Å²) in [6.45, 7) is 3.81. The molecule has 0 saturated carbocycles. The van der Waals surface area contributed by atoms with E-state index in [1.165, 1.54) is 5.56 Å². The Morgan fingerprint density at radius 2 is 2.05 bits per heavy atom. The Kier molecular flexibility index (Phi) is 4.53. The van der Waals surface area contributed by atoms with Gasteiger partial charge in [-0.05, 0) is 26.5 Å². The Morgan fingerprint density at radius 3 is 2.65 bits per heavy atom. The fourth-order valence-corrected chi connectivity index (χ4v) is 2.92. The van der Waals surface area contributed by atoms with Gasteiger partial charge in [-0.3, -0.25) is 0 Å². The molecule has 0 bridgehead atoms. The zero-order valence-electron chi connectivity index (χ0n) is 12.1. The lowest BCUT2D eigenvalue weighted by atomic mass is 9.97. The number of rotatable bonds is 5. The molecule has 1 N–H and O–H groups in total. The summed E-state index contributed by atoms with van der Waals surface area (Å²) in [5, 5.41) is 15.4. The third kappa shape index (κ3) is 3.24. The number of nitrogens with one attached hydrogen (secondary N) is 1. The van der Waals surface area contributed by atoms with Crippen LogP contribution in [0.4, 0.5) is 0 Å². The average Bonchev–Trinajstić information content (AvgIpc) is 2.95. The maximum absolute atomic E-state index is 9.17. The molecule has 2 rings (SSSR count). The molecule has 3 nitrogen and oxygen atoms in total. The van der Waals surface area contributed by atoms with E-state index >= 15 is 0 Å². The number of thiazole rings is 1. The second-order valence-electron chi connectivity index (χ2n) is 5.34. The minimum atomic E-state index is -0.509. The summed E-state index contributed by atoms with van der Waals surface area (Å²) < 4.78 is 0. The quantitative estimate of drug-likeness (QED) is 0.915. The van der Waals surface area contributed by atoms with E-state index in [1.807, 2.05) is 39.1 Å². The van der Waals surface area contributed by atoms with Gasteiger partial charge in [-0.1, -0.05) is 30.3 Å². The third-order valence-electron chi connectivity index (χ3n) is 3.33. The molecule has 4 heteroatoms. The molecule has 0 saturated heterocycles. The lowest BCUT2D eigenvalue weighted by Gasteiger charge is -2.15. The first-order valence-electron chi connectivity index (χ1n) is 6.65. The first kappa shape index (κ1) is 14.7. The van der Waals surface area contributed by atoms with E-state index in [9.17, 15) is 0 Å². The highest BCUT2D eigenvalue weighted by atomic mass is 32.1. The van der Waals surface area contributed by atoms with Gasteiger partial charge in [-0.15, -0.1) is 11.3 Å². The molecule has 1 heterocycles. The summed E-state index contributed by atoms with van der Waals surface area (Å²) in [5.41, 5.74) is 1.78. The van der Waals surface area contributed by atoms with Crippen LogP contribution < -0.4 is 5.32 Å². The molecular weight excluding hydrogens is 266 g/mol. The van der Waals surface area contributed by atoms with Crippen molar-refractivity contribution < 1.29 is 0 Å². The average molecular weight is 285 g/mol. The number of nitrogens with zero attached hydrogens (tertiary/aromatic N) is 2. The van der Waals surface area contributed by atoms with E-state index in [2.05, 4.69) is 33.9 Å². The maximum Gasteiger partial charge on any atom is 0.113 e. The van der Waals surface area contributed by atoms with Crippen molar-refractivity contribution in [3.05, 3.63) is 52.0 Å². The van der Waals surface area contributed by atoms with Gasteiger partial charge in [0.05, 0.1) is 11.8 Å². The van der Waals surface area contributed by atoms with Crippen LogP contribution in [0.15, 0.2) is 35.7 Å². The first-order valence-corrected chi connectivity index (χ1v) is 7.53. The molecule has 0 aliphatic rings. The molecular formula is C16H19N3S. The van der Waals surface area contributed by atoms with Crippen LogP contribution >= 0.6 is 11.3 Å². The van der Waals surface area contributed by atoms with E-state index < -0.39 is 5.41 Å². The van der Waals surface area contributed by atoms with Crippen molar-refractivity contribution >= 4 is 11.3 Å². The van der Waals surface area contributed by atoms with E-state index in [0.29, 0.717) is 0 Å². The second kappa shape index (κ2) is 6.17. The molecule has 0 radical (unpaired) electrons. The van der Waals surface area contributed by atoms with Crippen LogP contribution in [0, 0.1) is 11.3 Å². The SMILES string of the molecule is CNC(Cc1csc(C(C)(C)C#N)n1)c1ccccc1. The molecule has 1 unspecified atom stereocenters. The number of hydrogen-bond donors (Lipinski definition) is 1. The maximum atomic E-state index is 9.17. The van der Waals surface area contributed by atoms with Crippen LogP contribution in [0.5, 0.6) is 0 Å². The van der Waals surface area contributed by atoms with Gasteiger partial charge in [0.2, 0.25) is 0 Å². The van der Waals surface area contributed by atoms with Crippen LogP contribution in [0.3, 0.4) is 0 Å². The van der Waals surface area contributed by atoms with Crippen LogP contribution in [0.2, 0.25) is 0 Å². The van der Waals surface area contributed by atoms with Crippen LogP contribution in [-0.2, 0) is 11.8 Å². The van der Waals surface area contributed by atoms with Crippen molar-refractivity contribution in [3.8, 4) is 6.07 Å². The van der Waals surface area contributed by atoms with Crippen molar-refractivity contribution in [2.24, 2.45) is 0 Å². The third-order valence-corrected chi connectivity index (χ3v) is 4.54. The number of hydrogen-bond acceptors (Lipinski definition) is 4. The number of nitriles is 1. The minimum Gasteiger partial charge on any atom is -0.313 e. The van der Waals surface area contributed by atoms with Crippen LogP contribution in [0.25, 0.3) is 0 Å². The zero-order chi connectivity index (χ0) is 14.6. The van der Waals surface area contributed by atoms with Gasteiger partial charge in [-0.25, -0.2) is 4.98 Å². The standard InChI is InChI=1S/C16H19N3S/c1-16(2,11-17)15-19-13(10-20-15)9-14(18-3)12-7-5-4-6-8-12/h4-8,10,14,18H,9H2,1-3H3. The molecule has 0 aliphatic carbocycles. The largest absolute Gasteiger partial charge is 0.313 e. The van der Waals surface area contributed by atoms with Gasteiger partial charge < -0.3 is 5.32 Å². The predicted octanol–water partition coefficient (Wildman–Crippen LogP) is 3.45. The highest BCUT2D eigenvalue weighted by molar-refractivity contribution is 7.09. The minimum absolute atomic E-state index is 0.247. The summed E-state index contributed by atoms with van der Waals surface area (Å²) in [7, 11) is 1.96. The van der Waals surface area contributed by atoms with E-state index in [1.54, 1.807) is 11.3 Å². The molecule has 0 aliphatic heterocycles. The van der Waals surface area contributed by atoms with Crippen molar-refractivity contribution in [1.82, 2.24) is 10.3 Å². The topological polar surface area (TPSA) is 48.7 Å². The Bertz CT molecular complexity index is 596. The monoisotopic (exact) mass is 285 g/mol. The highest BCUT2D eigenvalue weighted by Crippen LogP contribution is 2.27. The molecule has 1 aromatic heterocycles. The molecule has 20 heavy (non-hydrogen) atoms. The number of benzene rings is 1. The van der Waals surface area contributed by atoms with Gasteiger partial charge >= 0.3 is 0 Å². The van der Waals surface area contributed by atoms with Crippen molar-refractivity contribution in [2.45, 2.75) is 31.7 Å². The Balaban J connectivity index is 2.16. The Labute approximate surface area is 124 Å². The van der Waals surface area contributed by atoms with Gasteiger partial charge in [0.1, 0.15) is 10.4 Å². The van der Waals surface area contributed by atoms with E-state index in [0.717, 1.165) is 17.1 Å². The van der Waals surface area contributed by atoms with Crippen LogP contribution in [0.1, 0.15) is 36.2 Å². The molecule has 2 aromatic rings. The zero-order valence-corrected chi connectivity index (χ0v) is 12.9. The summed E-state index contributed by atoms with van der Waals surface area (Å²) in [6.07, 6.45) is 0.832. The smallest absolute Gasteiger partial charge is 0.113 e. The Hall–Kier alpha value is -1.70. The summed E-state index contributed by atoms with van der Waals surface area (Å²) in [6, 6.07) is 12.9. The second-order valence-corrected chi connectivity index (χ2v) is 6.19. The van der Waals surface area contributed by atoms with E-state index in [4.69, 9.17) is 5.26 Å². The highest BCUT2D eigenvalue weighted by Gasteiger charge is 2.24. The fourth-order valence-electron chi connectivity index (χ4n) is 2.02. The summed E-state index contributed by atoms with van der Waals surface area (Å²) in [4.78, 5) is 4.62. The Morgan fingerprint density at radius 1 is 1.35 bits per heavy atom. The lowest BCUT2D eigenvalue weighted by Crippen LogP contribution is -2.19. The molecule has 0 fully saturated rings. The van der Waals surface area contributed by atoms with Gasteiger partial charge in [0.25, 0.3) is 0 Å². The lowest BCUT2D eigenvalue weighted by molar-refractivity contribution is 0.582. The van der Waals surface area contributed by atoms with Gasteiger partial charge in [0, 0.05) is 17.8 Å². The number of aromatic nitrogens is 1. The molecule has 1 atom stereocenters. The molecule has 1 aromatic carbocycles. The first-order chi connectivity index (χ1) is 9.56. The molecule has 0 spiro atoms. The number of likely N-dealkylation sites (N-methyl/N-ethyl adjacent to an activating group) is 1.